The van der Waals surface area contributed by atoms with Crippen molar-refractivity contribution in [1.29, 1.82) is 0 Å². The predicted molar refractivity (Wildman–Crippen MR) is 173 cm³/mol. The topological polar surface area (TPSA) is 38.1 Å². The van der Waals surface area contributed by atoms with Gasteiger partial charge in [0.1, 0.15) is 5.82 Å². The van der Waals surface area contributed by atoms with E-state index in [1.54, 1.807) is 0 Å². The van der Waals surface area contributed by atoms with Crippen LogP contribution < -0.4 is 4.90 Å². The van der Waals surface area contributed by atoms with Gasteiger partial charge in [-0.2, -0.15) is 0 Å². The van der Waals surface area contributed by atoms with Gasteiger partial charge in [-0.15, -0.1) is 0 Å². The molecule has 0 bridgehead atoms. The van der Waals surface area contributed by atoms with Gasteiger partial charge in [-0.05, 0) is 36.8 Å². The SMILES string of the molecule is CCCCCCCCCCCCCCCCCCn1c(C2CC(=O)N(c3cccc(Br)c3)C2)nc2ccccc21. The Bertz CT molecular complexity index is 1170. The molecule has 1 aliphatic heterocycles. The highest BCUT2D eigenvalue weighted by atomic mass is 79.9. The first-order valence-electron chi connectivity index (χ1n) is 16.2. The van der Waals surface area contributed by atoms with Gasteiger partial charge in [0.2, 0.25) is 5.91 Å². The van der Waals surface area contributed by atoms with Crippen LogP contribution in [-0.4, -0.2) is 22.0 Å². The summed E-state index contributed by atoms with van der Waals surface area (Å²) in [5.74, 6) is 1.39. The number of benzene rings is 2. The summed E-state index contributed by atoms with van der Waals surface area (Å²) in [6.07, 6.45) is 22.6. The van der Waals surface area contributed by atoms with Gasteiger partial charge in [-0.1, -0.05) is 137 Å². The molecule has 0 aliphatic carbocycles. The molecule has 1 aliphatic rings. The number of rotatable bonds is 19. The highest BCUT2D eigenvalue weighted by Crippen LogP contribution is 2.34. The maximum Gasteiger partial charge on any atom is 0.227 e. The molecular weight excluding hydrogens is 558 g/mol. The Kier molecular flexibility index (Phi) is 13.1. The Morgan fingerprint density at radius 1 is 0.775 bits per heavy atom. The van der Waals surface area contributed by atoms with Gasteiger partial charge in [0.15, 0.2) is 0 Å². The van der Waals surface area contributed by atoms with Crippen molar-refractivity contribution in [2.45, 2.75) is 129 Å². The standard InChI is InChI=1S/C35H50BrN3O/c1-2-3-4-5-6-7-8-9-10-11-12-13-14-15-16-19-25-38-33-24-18-17-23-32(33)37-35(38)29-26-34(40)39(28-29)31-22-20-21-30(36)27-31/h17-18,20-24,27,29H,2-16,19,25-26,28H2,1H3. The average Bonchev–Trinajstić information content (AvgIpc) is 3.53. The Morgan fingerprint density at radius 3 is 2.00 bits per heavy atom. The lowest BCUT2D eigenvalue weighted by Gasteiger charge is -2.18. The summed E-state index contributed by atoms with van der Waals surface area (Å²) >= 11 is 3.55. The van der Waals surface area contributed by atoms with Crippen molar-refractivity contribution >= 4 is 38.6 Å². The molecular formula is C35H50BrN3O. The lowest BCUT2D eigenvalue weighted by atomic mass is 10.0. The quantitative estimate of drug-likeness (QED) is 0.127. The predicted octanol–water partition coefficient (Wildman–Crippen LogP) is 10.6. The number of aryl methyl sites for hydroxylation is 1. The van der Waals surface area contributed by atoms with Crippen LogP contribution in [0.3, 0.4) is 0 Å². The van der Waals surface area contributed by atoms with Gasteiger partial charge in [0.05, 0.1) is 11.0 Å². The van der Waals surface area contributed by atoms with Gasteiger partial charge >= 0.3 is 0 Å². The summed E-state index contributed by atoms with van der Waals surface area (Å²) in [4.78, 5) is 20.0. The molecule has 5 heteroatoms. The van der Waals surface area contributed by atoms with E-state index in [4.69, 9.17) is 4.98 Å². The molecule has 1 unspecified atom stereocenters. The van der Waals surface area contributed by atoms with Crippen molar-refractivity contribution in [3.05, 3.63) is 58.8 Å². The number of fused-ring (bicyclic) bond motifs is 1. The van der Waals surface area contributed by atoms with Crippen LogP contribution in [-0.2, 0) is 11.3 Å². The fourth-order valence-electron chi connectivity index (χ4n) is 6.23. The van der Waals surface area contributed by atoms with E-state index in [9.17, 15) is 4.79 Å². The molecule has 1 saturated heterocycles. The average molecular weight is 609 g/mol. The molecule has 0 radical (unpaired) electrons. The number of unbranched alkanes of at least 4 members (excludes halogenated alkanes) is 15. The fraction of sp³-hybridized carbons (Fsp3) is 0.600. The summed E-state index contributed by atoms with van der Waals surface area (Å²) in [5, 5.41) is 0. The smallest absolute Gasteiger partial charge is 0.227 e. The van der Waals surface area contributed by atoms with E-state index < -0.39 is 0 Å². The zero-order chi connectivity index (χ0) is 28.0. The Morgan fingerprint density at radius 2 is 1.38 bits per heavy atom. The van der Waals surface area contributed by atoms with Crippen LogP contribution in [0, 0.1) is 0 Å². The Hall–Kier alpha value is -2.14. The minimum Gasteiger partial charge on any atom is -0.328 e. The zero-order valence-corrected chi connectivity index (χ0v) is 26.3. The van der Waals surface area contributed by atoms with E-state index in [0.29, 0.717) is 13.0 Å². The highest BCUT2D eigenvalue weighted by Gasteiger charge is 2.34. The van der Waals surface area contributed by atoms with Crippen LogP contribution in [0.4, 0.5) is 5.69 Å². The van der Waals surface area contributed by atoms with Crippen LogP contribution in [0.1, 0.15) is 128 Å². The van der Waals surface area contributed by atoms with E-state index in [1.165, 1.54) is 108 Å². The van der Waals surface area contributed by atoms with Crippen molar-refractivity contribution < 1.29 is 4.79 Å². The van der Waals surface area contributed by atoms with Crippen LogP contribution in [0.15, 0.2) is 53.0 Å². The summed E-state index contributed by atoms with van der Waals surface area (Å²) in [7, 11) is 0. The monoisotopic (exact) mass is 607 g/mol. The fourth-order valence-corrected chi connectivity index (χ4v) is 6.62. The summed E-state index contributed by atoms with van der Waals surface area (Å²) in [5.41, 5.74) is 3.21. The second kappa shape index (κ2) is 17.0. The molecule has 0 spiro atoms. The van der Waals surface area contributed by atoms with E-state index in [2.05, 4.69) is 51.7 Å². The second-order valence-corrected chi connectivity index (χ2v) is 12.7. The van der Waals surface area contributed by atoms with Gasteiger partial charge in [-0.3, -0.25) is 4.79 Å². The van der Waals surface area contributed by atoms with Crippen molar-refractivity contribution in [3.63, 3.8) is 0 Å². The number of carbonyl (C=O) groups is 1. The van der Waals surface area contributed by atoms with E-state index >= 15 is 0 Å². The molecule has 218 valence electrons. The minimum atomic E-state index is 0.125. The number of nitrogens with zero attached hydrogens (tertiary/aromatic N) is 3. The number of hydrogen-bond donors (Lipinski definition) is 0. The molecule has 4 rings (SSSR count). The molecule has 1 atom stereocenters. The van der Waals surface area contributed by atoms with Crippen LogP contribution in [0.5, 0.6) is 0 Å². The number of para-hydroxylation sites is 2. The number of anilines is 1. The Labute approximate surface area is 251 Å². The first-order chi connectivity index (χ1) is 19.7. The number of hydrogen-bond acceptors (Lipinski definition) is 2. The molecule has 1 amide bonds. The van der Waals surface area contributed by atoms with Gasteiger partial charge in [0.25, 0.3) is 0 Å². The molecule has 1 aromatic heterocycles. The third-order valence-electron chi connectivity index (χ3n) is 8.53. The number of amides is 1. The van der Waals surface area contributed by atoms with Crippen molar-refractivity contribution in [3.8, 4) is 0 Å². The molecule has 0 N–H and O–H groups in total. The lowest BCUT2D eigenvalue weighted by Crippen LogP contribution is -2.24. The third kappa shape index (κ3) is 9.19. The normalized spacial score (nSPS) is 15.5. The third-order valence-corrected chi connectivity index (χ3v) is 9.02. The minimum absolute atomic E-state index is 0.125. The highest BCUT2D eigenvalue weighted by molar-refractivity contribution is 9.10. The van der Waals surface area contributed by atoms with Crippen LogP contribution in [0.2, 0.25) is 0 Å². The van der Waals surface area contributed by atoms with Gasteiger partial charge in [-0.25, -0.2) is 4.98 Å². The molecule has 3 aromatic rings. The van der Waals surface area contributed by atoms with Crippen molar-refractivity contribution in [2.24, 2.45) is 0 Å². The van der Waals surface area contributed by atoms with Crippen molar-refractivity contribution in [2.75, 3.05) is 11.4 Å². The molecule has 2 aromatic carbocycles. The molecule has 2 heterocycles. The first-order valence-corrected chi connectivity index (χ1v) is 17.0. The lowest BCUT2D eigenvalue weighted by molar-refractivity contribution is -0.117. The maximum atomic E-state index is 13.0. The summed E-state index contributed by atoms with van der Waals surface area (Å²) in [6, 6.07) is 16.5. The molecule has 1 fully saturated rings. The molecule has 40 heavy (non-hydrogen) atoms. The second-order valence-electron chi connectivity index (χ2n) is 11.8. The Balaban J connectivity index is 1.16. The number of carbonyl (C=O) groups excluding carboxylic acids is 1. The van der Waals surface area contributed by atoms with E-state index in [0.717, 1.165) is 28.0 Å². The van der Waals surface area contributed by atoms with E-state index in [1.807, 2.05) is 29.2 Å². The summed E-state index contributed by atoms with van der Waals surface area (Å²) < 4.78 is 3.40. The van der Waals surface area contributed by atoms with Gasteiger partial charge < -0.3 is 9.47 Å². The largest absolute Gasteiger partial charge is 0.328 e. The van der Waals surface area contributed by atoms with Crippen LogP contribution >= 0.6 is 15.9 Å². The van der Waals surface area contributed by atoms with Crippen molar-refractivity contribution in [1.82, 2.24) is 9.55 Å². The van der Waals surface area contributed by atoms with E-state index in [-0.39, 0.29) is 11.8 Å². The van der Waals surface area contributed by atoms with Gasteiger partial charge in [0, 0.05) is 35.6 Å². The molecule has 4 nitrogen and oxygen atoms in total. The van der Waals surface area contributed by atoms with Crippen LogP contribution in [0.25, 0.3) is 11.0 Å². The zero-order valence-electron chi connectivity index (χ0n) is 24.8. The number of halogens is 1. The molecule has 0 saturated carbocycles. The number of aromatic nitrogens is 2. The number of imidazole rings is 1. The maximum absolute atomic E-state index is 13.0. The first kappa shape index (κ1) is 30.8. The summed E-state index contributed by atoms with van der Waals surface area (Å²) in [6.45, 7) is 3.97.